The molecule has 0 aromatic rings. The Kier molecular flexibility index (Phi) is 5.88. The maximum atomic E-state index is 11.9. The van der Waals surface area contributed by atoms with Gasteiger partial charge in [0.1, 0.15) is 0 Å². The summed E-state index contributed by atoms with van der Waals surface area (Å²) in [4.78, 5) is 31.8. The normalized spacial score (nSPS) is 35.6. The van der Waals surface area contributed by atoms with Crippen molar-refractivity contribution in [3.8, 4) is 0 Å². The van der Waals surface area contributed by atoms with E-state index in [0.717, 1.165) is 44.3 Å². The third-order valence-corrected chi connectivity index (χ3v) is 7.60. The highest BCUT2D eigenvalue weighted by atomic mass is 16.6. The van der Waals surface area contributed by atoms with Gasteiger partial charge in [0, 0.05) is 12.2 Å². The van der Waals surface area contributed by atoms with Gasteiger partial charge < -0.3 is 9.84 Å². The van der Waals surface area contributed by atoms with Gasteiger partial charge in [0.25, 0.3) is 0 Å². The van der Waals surface area contributed by atoms with Gasteiger partial charge in [-0.25, -0.2) is 9.59 Å². The van der Waals surface area contributed by atoms with Crippen molar-refractivity contribution >= 4 is 17.9 Å². The molecule has 1 N–H and O–H groups in total. The third-order valence-electron chi connectivity index (χ3n) is 7.60. The first-order chi connectivity index (χ1) is 13.6. The summed E-state index contributed by atoms with van der Waals surface area (Å²) in [6, 6.07) is 0. The summed E-state index contributed by atoms with van der Waals surface area (Å²) in [6.07, 6.45) is 13.4. The number of hydrogen-bond donors (Lipinski definition) is 1. The van der Waals surface area contributed by atoms with E-state index in [-0.39, 0.29) is 5.41 Å². The van der Waals surface area contributed by atoms with Crippen LogP contribution in [0.25, 0.3) is 0 Å². The summed E-state index contributed by atoms with van der Waals surface area (Å²) in [6.45, 7) is 8.91. The Morgan fingerprint density at radius 3 is 2.34 bits per heavy atom. The van der Waals surface area contributed by atoms with Crippen LogP contribution in [0.5, 0.6) is 0 Å². The Morgan fingerprint density at radius 2 is 1.83 bits per heavy atom. The molecule has 1 heterocycles. The van der Waals surface area contributed by atoms with Gasteiger partial charge in [-0.1, -0.05) is 44.9 Å². The van der Waals surface area contributed by atoms with Crippen molar-refractivity contribution in [2.24, 2.45) is 28.6 Å². The number of fused-ring (bicyclic) bond motifs is 3. The molecule has 0 aromatic heterocycles. The number of allylic oxidation sites excluding steroid dienone is 4. The molecule has 2 fully saturated rings. The Balaban J connectivity index is 0.000000290. The van der Waals surface area contributed by atoms with E-state index in [1.54, 1.807) is 5.57 Å². The number of hydrogen-bond acceptors (Lipinski definition) is 4. The van der Waals surface area contributed by atoms with Gasteiger partial charge in [-0.15, -0.1) is 0 Å². The molecule has 5 nitrogen and oxygen atoms in total. The summed E-state index contributed by atoms with van der Waals surface area (Å²) in [5.41, 5.74) is 2.71. The van der Waals surface area contributed by atoms with Crippen LogP contribution in [0.1, 0.15) is 66.2 Å². The number of esters is 2. The second-order valence-corrected chi connectivity index (χ2v) is 9.61. The minimum absolute atomic E-state index is 0.161. The maximum Gasteiger partial charge on any atom is 0.338 e. The largest absolute Gasteiger partial charge is 0.481 e. The molecule has 0 aromatic carbocycles. The molecule has 2 saturated carbocycles. The van der Waals surface area contributed by atoms with Crippen LogP contribution in [0.4, 0.5) is 0 Å². The number of carboxylic acids is 1. The Hall–Kier alpha value is -2.17. The second kappa shape index (κ2) is 7.92. The number of rotatable bonds is 2. The number of aliphatic carboxylic acids is 1. The number of ether oxygens (including phenoxy) is 1. The molecule has 5 heteroatoms. The van der Waals surface area contributed by atoms with Gasteiger partial charge in [-0.3, -0.25) is 4.79 Å². The molecule has 1 aliphatic heterocycles. The summed E-state index contributed by atoms with van der Waals surface area (Å²) in [5.74, 6) is -0.259. The van der Waals surface area contributed by atoms with Crippen molar-refractivity contribution in [1.82, 2.24) is 0 Å². The zero-order valence-corrected chi connectivity index (χ0v) is 17.9. The van der Waals surface area contributed by atoms with Crippen molar-refractivity contribution in [3.63, 3.8) is 0 Å². The lowest BCUT2D eigenvalue weighted by Gasteiger charge is -2.57. The fraction of sp³-hybridized carbons (Fsp3) is 0.625. The molecular weight excluding hydrogens is 368 g/mol. The van der Waals surface area contributed by atoms with Crippen LogP contribution in [0.2, 0.25) is 0 Å². The van der Waals surface area contributed by atoms with Crippen molar-refractivity contribution in [3.05, 3.63) is 35.5 Å². The van der Waals surface area contributed by atoms with Crippen LogP contribution in [0, 0.1) is 28.6 Å². The molecular formula is C24H32O5. The molecule has 158 valence electrons. The zero-order chi connectivity index (χ0) is 21.4. The summed E-state index contributed by atoms with van der Waals surface area (Å²) < 4.78 is 3.97. The van der Waals surface area contributed by atoms with Crippen molar-refractivity contribution in [2.45, 2.75) is 66.2 Å². The van der Waals surface area contributed by atoms with E-state index >= 15 is 0 Å². The highest BCUT2D eigenvalue weighted by Gasteiger charge is 2.57. The lowest BCUT2D eigenvalue weighted by atomic mass is 9.46. The molecule has 0 saturated heterocycles. The van der Waals surface area contributed by atoms with E-state index in [2.05, 4.69) is 37.7 Å². The van der Waals surface area contributed by atoms with Crippen LogP contribution >= 0.6 is 0 Å². The van der Waals surface area contributed by atoms with Crippen LogP contribution in [0.3, 0.4) is 0 Å². The fourth-order valence-electron chi connectivity index (χ4n) is 5.97. The second-order valence-electron chi connectivity index (χ2n) is 9.61. The van der Waals surface area contributed by atoms with E-state index in [1.807, 2.05) is 6.92 Å². The highest BCUT2D eigenvalue weighted by molar-refractivity contribution is 6.04. The summed E-state index contributed by atoms with van der Waals surface area (Å²) in [7, 11) is 0. The van der Waals surface area contributed by atoms with Crippen molar-refractivity contribution < 1.29 is 24.2 Å². The van der Waals surface area contributed by atoms with Crippen LogP contribution in [-0.4, -0.2) is 23.0 Å². The van der Waals surface area contributed by atoms with Gasteiger partial charge in [0.15, 0.2) is 0 Å². The first kappa shape index (κ1) is 21.5. The van der Waals surface area contributed by atoms with Gasteiger partial charge >= 0.3 is 17.9 Å². The zero-order valence-electron chi connectivity index (χ0n) is 17.9. The van der Waals surface area contributed by atoms with Crippen molar-refractivity contribution in [2.75, 3.05) is 0 Å². The lowest BCUT2D eigenvalue weighted by Crippen LogP contribution is -2.53. The average molecular weight is 401 g/mol. The smallest absolute Gasteiger partial charge is 0.338 e. The summed E-state index contributed by atoms with van der Waals surface area (Å²) in [5, 5.41) is 9.84. The Morgan fingerprint density at radius 1 is 1.17 bits per heavy atom. The van der Waals surface area contributed by atoms with Crippen LogP contribution in [-0.2, 0) is 19.1 Å². The Labute approximate surface area is 172 Å². The van der Waals surface area contributed by atoms with Gasteiger partial charge in [0.05, 0.1) is 5.41 Å². The fourth-order valence-corrected chi connectivity index (χ4v) is 5.97. The van der Waals surface area contributed by atoms with Crippen LogP contribution < -0.4 is 0 Å². The minimum Gasteiger partial charge on any atom is -0.481 e. The molecule has 0 amide bonds. The molecule has 29 heavy (non-hydrogen) atoms. The quantitative estimate of drug-likeness (QED) is 0.530. The molecule has 0 radical (unpaired) electrons. The van der Waals surface area contributed by atoms with Gasteiger partial charge in [0.2, 0.25) is 0 Å². The van der Waals surface area contributed by atoms with E-state index in [9.17, 15) is 19.5 Å². The van der Waals surface area contributed by atoms with Gasteiger partial charge in [-0.2, -0.15) is 0 Å². The molecule has 3 aliphatic carbocycles. The number of carboxylic acid groups (broad SMARTS) is 1. The predicted molar refractivity (Wildman–Crippen MR) is 110 cm³/mol. The third kappa shape index (κ3) is 3.96. The van der Waals surface area contributed by atoms with Crippen LogP contribution in [0.15, 0.2) is 35.5 Å². The molecule has 4 atom stereocenters. The first-order valence-electron chi connectivity index (χ1n) is 10.7. The molecule has 0 bridgehead atoms. The molecule has 0 spiro atoms. The van der Waals surface area contributed by atoms with Gasteiger partial charge in [-0.05, 0) is 67.8 Å². The highest BCUT2D eigenvalue weighted by Crippen LogP contribution is 2.62. The van der Waals surface area contributed by atoms with E-state index in [0.29, 0.717) is 17.8 Å². The Bertz CT molecular complexity index is 786. The number of carbonyl (C=O) groups is 3. The first-order valence-corrected chi connectivity index (χ1v) is 10.7. The maximum absolute atomic E-state index is 11.9. The van der Waals surface area contributed by atoms with E-state index < -0.39 is 23.3 Å². The monoisotopic (exact) mass is 400 g/mol. The number of carbonyl (C=O) groups excluding carboxylic acids is 2. The molecule has 0 unspecified atom stereocenters. The summed E-state index contributed by atoms with van der Waals surface area (Å²) >= 11 is 0. The van der Waals surface area contributed by atoms with E-state index in [4.69, 9.17) is 0 Å². The number of cyclic esters (lactones) is 2. The predicted octanol–water partition coefficient (Wildman–Crippen LogP) is 4.83. The average Bonchev–Trinajstić information content (AvgIpc) is 3.04. The van der Waals surface area contributed by atoms with Crippen molar-refractivity contribution in [1.29, 1.82) is 0 Å². The lowest BCUT2D eigenvalue weighted by molar-refractivity contribution is -0.164. The standard InChI is InChI=1S/C20H30O2.C4H2O3/c1-13(2)14-6-8-16-15(12-14)7-9-17-19(16,3)10-5-11-20(17,4)18(21)22;5-3-1-2-4(6)7-3/h6,12-13,16-17H,5,7-11H2,1-4H3,(H,21,22);1-2H/t16-,17+,19+,20+;/m0./s1. The topological polar surface area (TPSA) is 80.7 Å². The SMILES string of the molecule is CC(C)C1=CC[C@H]2C(=C1)CC[C@@H]1[C@]2(C)CCC[C@@]1(C)C(=O)O.O=C1C=CC(=O)O1. The van der Waals surface area contributed by atoms with E-state index in [1.165, 1.54) is 12.0 Å². The minimum atomic E-state index is -0.579. The molecule has 4 aliphatic rings. The molecule has 4 rings (SSSR count).